The number of amides is 1. The van der Waals surface area contributed by atoms with E-state index in [0.29, 0.717) is 24.7 Å². The van der Waals surface area contributed by atoms with Gasteiger partial charge in [0.2, 0.25) is 0 Å². The van der Waals surface area contributed by atoms with Gasteiger partial charge in [0.15, 0.2) is 5.69 Å². The topological polar surface area (TPSA) is 85.8 Å². The Hall–Kier alpha value is -2.21. The SMILES string of the molecule is NCCn1cc(C(=O)NC2CC2c2ccccc2)nn1. The second-order valence-electron chi connectivity index (χ2n) is 4.99. The van der Waals surface area contributed by atoms with E-state index in [1.165, 1.54) is 5.56 Å². The molecule has 0 saturated heterocycles. The molecule has 1 heterocycles. The van der Waals surface area contributed by atoms with Crippen molar-refractivity contribution in [3.8, 4) is 0 Å². The zero-order valence-electron chi connectivity index (χ0n) is 11.1. The number of hydrogen-bond acceptors (Lipinski definition) is 4. The van der Waals surface area contributed by atoms with Crippen LogP contribution in [0.25, 0.3) is 0 Å². The number of rotatable bonds is 5. The summed E-state index contributed by atoms with van der Waals surface area (Å²) in [5.41, 5.74) is 7.04. The van der Waals surface area contributed by atoms with Crippen LogP contribution in [0.15, 0.2) is 36.5 Å². The molecule has 1 saturated carbocycles. The van der Waals surface area contributed by atoms with Gasteiger partial charge >= 0.3 is 0 Å². The van der Waals surface area contributed by atoms with E-state index in [-0.39, 0.29) is 11.9 Å². The first-order chi connectivity index (χ1) is 9.78. The molecule has 1 amide bonds. The lowest BCUT2D eigenvalue weighted by atomic mass is 10.1. The normalized spacial score (nSPS) is 20.6. The minimum Gasteiger partial charge on any atom is -0.347 e. The van der Waals surface area contributed by atoms with Crippen molar-refractivity contribution in [1.29, 1.82) is 0 Å². The van der Waals surface area contributed by atoms with Crippen LogP contribution in [0.1, 0.15) is 28.4 Å². The van der Waals surface area contributed by atoms with Gasteiger partial charge in [-0.05, 0) is 12.0 Å². The van der Waals surface area contributed by atoms with Gasteiger partial charge in [-0.25, -0.2) is 0 Å². The Labute approximate surface area is 117 Å². The zero-order chi connectivity index (χ0) is 13.9. The quantitative estimate of drug-likeness (QED) is 0.830. The van der Waals surface area contributed by atoms with Crippen molar-refractivity contribution in [2.75, 3.05) is 6.54 Å². The van der Waals surface area contributed by atoms with Gasteiger partial charge < -0.3 is 11.1 Å². The molecular formula is C14H17N5O. The van der Waals surface area contributed by atoms with Crippen molar-refractivity contribution in [1.82, 2.24) is 20.3 Å². The molecule has 1 aromatic carbocycles. The van der Waals surface area contributed by atoms with Crippen LogP contribution in [0.5, 0.6) is 0 Å². The molecular weight excluding hydrogens is 254 g/mol. The number of hydrogen-bond donors (Lipinski definition) is 2. The van der Waals surface area contributed by atoms with Gasteiger partial charge in [0, 0.05) is 18.5 Å². The third-order valence-electron chi connectivity index (χ3n) is 3.46. The average molecular weight is 271 g/mol. The number of benzene rings is 1. The van der Waals surface area contributed by atoms with E-state index >= 15 is 0 Å². The molecule has 1 fully saturated rings. The molecule has 2 unspecified atom stereocenters. The molecule has 1 aliphatic carbocycles. The van der Waals surface area contributed by atoms with Crippen LogP contribution in [0.4, 0.5) is 0 Å². The molecule has 0 spiro atoms. The molecule has 3 N–H and O–H groups in total. The molecule has 0 aliphatic heterocycles. The summed E-state index contributed by atoms with van der Waals surface area (Å²) in [5, 5.41) is 10.7. The summed E-state index contributed by atoms with van der Waals surface area (Å²) >= 11 is 0. The summed E-state index contributed by atoms with van der Waals surface area (Å²) in [5.74, 6) is 0.246. The second-order valence-corrected chi connectivity index (χ2v) is 4.99. The first kappa shape index (κ1) is 12.8. The fourth-order valence-corrected chi connectivity index (χ4v) is 2.31. The zero-order valence-corrected chi connectivity index (χ0v) is 11.1. The second kappa shape index (κ2) is 5.42. The molecule has 0 bridgehead atoms. The number of carbonyl (C=O) groups is 1. The minimum absolute atomic E-state index is 0.170. The van der Waals surface area contributed by atoms with Gasteiger partial charge in [0.05, 0.1) is 12.7 Å². The number of nitrogens with one attached hydrogen (secondary N) is 1. The fraction of sp³-hybridized carbons (Fsp3) is 0.357. The molecule has 104 valence electrons. The molecule has 3 rings (SSSR count). The van der Waals surface area contributed by atoms with Crippen molar-refractivity contribution < 1.29 is 4.79 Å². The lowest BCUT2D eigenvalue weighted by Gasteiger charge is -2.02. The van der Waals surface area contributed by atoms with Crippen molar-refractivity contribution in [3.05, 3.63) is 47.8 Å². The summed E-state index contributed by atoms with van der Waals surface area (Å²) in [6.07, 6.45) is 2.61. The maximum atomic E-state index is 12.0. The lowest BCUT2D eigenvalue weighted by molar-refractivity contribution is 0.0945. The molecule has 20 heavy (non-hydrogen) atoms. The molecule has 6 nitrogen and oxygen atoms in total. The molecule has 2 aromatic rings. The first-order valence-electron chi connectivity index (χ1n) is 6.74. The highest BCUT2D eigenvalue weighted by molar-refractivity contribution is 5.92. The van der Waals surface area contributed by atoms with Gasteiger partial charge in [-0.15, -0.1) is 5.10 Å². The highest BCUT2D eigenvalue weighted by atomic mass is 16.2. The van der Waals surface area contributed by atoms with Crippen LogP contribution >= 0.6 is 0 Å². The van der Waals surface area contributed by atoms with E-state index in [9.17, 15) is 4.79 Å². The van der Waals surface area contributed by atoms with Gasteiger partial charge in [-0.1, -0.05) is 35.5 Å². The summed E-state index contributed by atoms with van der Waals surface area (Å²) in [6, 6.07) is 10.4. The van der Waals surface area contributed by atoms with Crippen molar-refractivity contribution in [2.24, 2.45) is 5.73 Å². The van der Waals surface area contributed by atoms with Crippen LogP contribution in [0, 0.1) is 0 Å². The Balaban J connectivity index is 1.58. The van der Waals surface area contributed by atoms with Crippen LogP contribution in [0.2, 0.25) is 0 Å². The Kier molecular flexibility index (Phi) is 3.47. The molecule has 1 aromatic heterocycles. The summed E-state index contributed by atoms with van der Waals surface area (Å²) in [4.78, 5) is 12.0. The largest absolute Gasteiger partial charge is 0.347 e. The Morgan fingerprint density at radius 3 is 2.95 bits per heavy atom. The predicted octanol–water partition coefficient (Wildman–Crippen LogP) is 0.523. The van der Waals surface area contributed by atoms with E-state index in [4.69, 9.17) is 5.73 Å². The molecule has 0 radical (unpaired) electrons. The first-order valence-corrected chi connectivity index (χ1v) is 6.74. The highest BCUT2D eigenvalue weighted by Crippen LogP contribution is 2.40. The smallest absolute Gasteiger partial charge is 0.273 e. The third kappa shape index (κ3) is 2.70. The van der Waals surface area contributed by atoms with Gasteiger partial charge in [-0.3, -0.25) is 9.48 Å². The van der Waals surface area contributed by atoms with Gasteiger partial charge in [0.1, 0.15) is 0 Å². The van der Waals surface area contributed by atoms with E-state index < -0.39 is 0 Å². The molecule has 2 atom stereocenters. The summed E-state index contributed by atoms with van der Waals surface area (Å²) in [6.45, 7) is 1.04. The predicted molar refractivity (Wildman–Crippen MR) is 74.1 cm³/mol. The van der Waals surface area contributed by atoms with Crippen LogP contribution in [0.3, 0.4) is 0 Å². The standard InChI is InChI=1S/C14H17N5O/c15-6-7-19-9-13(17-18-19)14(20)16-12-8-11(12)10-4-2-1-3-5-10/h1-5,9,11-12H,6-8,15H2,(H,16,20). The number of aromatic nitrogens is 3. The van der Waals surface area contributed by atoms with Crippen LogP contribution in [-0.4, -0.2) is 33.5 Å². The Morgan fingerprint density at radius 1 is 1.40 bits per heavy atom. The Morgan fingerprint density at radius 2 is 2.20 bits per heavy atom. The number of nitrogens with zero attached hydrogens (tertiary/aromatic N) is 3. The van der Waals surface area contributed by atoms with Crippen LogP contribution < -0.4 is 11.1 Å². The number of carbonyl (C=O) groups excluding carboxylic acids is 1. The Bertz CT molecular complexity index is 595. The fourth-order valence-electron chi connectivity index (χ4n) is 2.31. The number of nitrogens with two attached hydrogens (primary N) is 1. The van der Waals surface area contributed by atoms with Crippen molar-refractivity contribution in [2.45, 2.75) is 24.9 Å². The molecule has 1 aliphatic rings. The average Bonchev–Trinajstić information content (AvgIpc) is 3.07. The monoisotopic (exact) mass is 271 g/mol. The van der Waals surface area contributed by atoms with E-state index in [1.54, 1.807) is 10.9 Å². The van der Waals surface area contributed by atoms with Crippen molar-refractivity contribution >= 4 is 5.91 Å². The highest BCUT2D eigenvalue weighted by Gasteiger charge is 2.39. The lowest BCUT2D eigenvalue weighted by Crippen LogP contribution is -2.26. The third-order valence-corrected chi connectivity index (χ3v) is 3.46. The van der Waals surface area contributed by atoms with Crippen molar-refractivity contribution in [3.63, 3.8) is 0 Å². The molecule has 6 heteroatoms. The minimum atomic E-state index is -0.170. The van der Waals surface area contributed by atoms with E-state index in [1.807, 2.05) is 18.2 Å². The summed E-state index contributed by atoms with van der Waals surface area (Å²) < 4.78 is 1.58. The van der Waals surface area contributed by atoms with Crippen LogP contribution in [-0.2, 0) is 6.54 Å². The van der Waals surface area contributed by atoms with Gasteiger partial charge in [-0.2, -0.15) is 0 Å². The summed E-state index contributed by atoms with van der Waals surface area (Å²) in [7, 11) is 0. The maximum Gasteiger partial charge on any atom is 0.273 e. The van der Waals surface area contributed by atoms with Gasteiger partial charge in [0.25, 0.3) is 5.91 Å². The van der Waals surface area contributed by atoms with E-state index in [0.717, 1.165) is 6.42 Å². The maximum absolute atomic E-state index is 12.0. The van der Waals surface area contributed by atoms with E-state index in [2.05, 4.69) is 27.8 Å².